The monoisotopic (exact) mass is 547 g/mol. The summed E-state index contributed by atoms with van der Waals surface area (Å²) in [7, 11) is 2.77. The molecule has 2 aliphatic heterocycles. The van der Waals surface area contributed by atoms with Crippen molar-refractivity contribution in [3.63, 3.8) is 0 Å². The first-order valence-electron chi connectivity index (χ1n) is 11.3. The second-order valence-electron chi connectivity index (χ2n) is 9.08. The summed E-state index contributed by atoms with van der Waals surface area (Å²) in [6, 6.07) is 5.69. The van der Waals surface area contributed by atoms with Crippen LogP contribution in [0.25, 0.3) is 0 Å². The molecule has 5 rings (SSSR count). The van der Waals surface area contributed by atoms with Gasteiger partial charge >= 0.3 is 0 Å². The van der Waals surface area contributed by atoms with Crippen LogP contribution in [-0.4, -0.2) is 42.5 Å². The van der Waals surface area contributed by atoms with E-state index in [1.165, 1.54) is 32.4 Å². The maximum Gasteiger partial charge on any atom is 0.236 e. The standard InChI is InChI=1S/C25H21Cl2N2O8/c1-10-6-14-19(12(8-18(30)28-14)11-4-5-13(26)15(7-11)29(33)34)23(31)25(10)24(32)20-16(35-2)9-17(36-3)21(27)22(20)37-25/h4-5,7,9-10,12,33H,6,8H2,1-3H3,(H,28,30)/q-1/t10-,12?,25+/m1/s1. The fourth-order valence-electron chi connectivity index (χ4n) is 5.37. The van der Waals surface area contributed by atoms with Crippen molar-refractivity contribution in [2.75, 3.05) is 19.4 Å². The Hall–Kier alpha value is -3.31. The van der Waals surface area contributed by atoms with Crippen molar-refractivity contribution < 1.29 is 33.8 Å². The van der Waals surface area contributed by atoms with Gasteiger partial charge < -0.3 is 30.0 Å². The summed E-state index contributed by atoms with van der Waals surface area (Å²) in [4.78, 5) is 40.9. The molecule has 0 bridgehead atoms. The van der Waals surface area contributed by atoms with Crippen LogP contribution in [0.2, 0.25) is 10.0 Å². The molecule has 2 heterocycles. The van der Waals surface area contributed by atoms with Crippen molar-refractivity contribution in [2.24, 2.45) is 5.92 Å². The number of anilines is 1. The molecule has 1 spiro atoms. The van der Waals surface area contributed by atoms with Crippen LogP contribution in [0.3, 0.4) is 0 Å². The van der Waals surface area contributed by atoms with Gasteiger partial charge in [0.05, 0.1) is 24.9 Å². The van der Waals surface area contributed by atoms with E-state index in [-0.39, 0.29) is 62.9 Å². The number of ether oxygens (including phenoxy) is 3. The molecule has 1 unspecified atom stereocenters. The van der Waals surface area contributed by atoms with Gasteiger partial charge in [0.2, 0.25) is 23.1 Å². The van der Waals surface area contributed by atoms with Crippen LogP contribution in [0.4, 0.5) is 5.69 Å². The van der Waals surface area contributed by atoms with Crippen molar-refractivity contribution in [1.82, 2.24) is 5.32 Å². The van der Waals surface area contributed by atoms with E-state index < -0.39 is 34.2 Å². The summed E-state index contributed by atoms with van der Waals surface area (Å²) in [5.41, 5.74) is -1.25. The number of halogens is 2. The van der Waals surface area contributed by atoms with Crippen LogP contribution >= 0.6 is 23.2 Å². The Kier molecular flexibility index (Phi) is 6.11. The first-order valence-corrected chi connectivity index (χ1v) is 12.0. The Balaban J connectivity index is 1.66. The third-order valence-corrected chi connectivity index (χ3v) is 7.81. The summed E-state index contributed by atoms with van der Waals surface area (Å²) in [5.74, 6) is -2.75. The number of nitrogens with one attached hydrogen (secondary N) is 1. The van der Waals surface area contributed by atoms with E-state index in [2.05, 4.69) is 5.32 Å². The van der Waals surface area contributed by atoms with Gasteiger partial charge in [0.1, 0.15) is 22.1 Å². The summed E-state index contributed by atoms with van der Waals surface area (Å²) in [6.07, 6.45) is 0.00761. The number of benzene rings is 2. The van der Waals surface area contributed by atoms with Crippen LogP contribution in [0, 0.1) is 11.1 Å². The number of carbonyl (C=O) groups excluding carboxylic acids is 3. The number of Topliss-reactive ketones (excluding diaryl/α,β-unsaturated/α-hetero) is 2. The van der Waals surface area contributed by atoms with Crippen LogP contribution in [-0.2, 0) is 9.59 Å². The van der Waals surface area contributed by atoms with Crippen molar-refractivity contribution in [1.29, 1.82) is 0 Å². The maximum absolute atomic E-state index is 14.3. The highest BCUT2D eigenvalue weighted by atomic mass is 35.5. The second-order valence-corrected chi connectivity index (χ2v) is 9.87. The van der Waals surface area contributed by atoms with Crippen LogP contribution < -0.4 is 24.8 Å². The minimum absolute atomic E-state index is 0.0143. The third kappa shape index (κ3) is 3.58. The number of hydrogen-bond acceptors (Lipinski definition) is 9. The lowest BCUT2D eigenvalue weighted by Gasteiger charge is -2.41. The fourth-order valence-corrected chi connectivity index (χ4v) is 5.82. The molecule has 3 aliphatic rings. The van der Waals surface area contributed by atoms with Gasteiger partial charge in [0.15, 0.2) is 5.75 Å². The van der Waals surface area contributed by atoms with E-state index in [4.69, 9.17) is 37.4 Å². The number of rotatable bonds is 4. The van der Waals surface area contributed by atoms with Crippen LogP contribution in [0.15, 0.2) is 35.5 Å². The molecule has 0 saturated carbocycles. The Morgan fingerprint density at radius 3 is 2.46 bits per heavy atom. The van der Waals surface area contributed by atoms with Crippen LogP contribution in [0.5, 0.6) is 17.2 Å². The van der Waals surface area contributed by atoms with E-state index in [0.29, 0.717) is 11.3 Å². The van der Waals surface area contributed by atoms with Gasteiger partial charge in [-0.2, -0.15) is 0 Å². The van der Waals surface area contributed by atoms with E-state index >= 15 is 0 Å². The quantitative estimate of drug-likeness (QED) is 0.426. The zero-order valence-electron chi connectivity index (χ0n) is 19.9. The van der Waals surface area contributed by atoms with Crippen molar-refractivity contribution in [2.45, 2.75) is 31.3 Å². The number of nitrogens with zero attached hydrogens (tertiary/aromatic N) is 1. The minimum atomic E-state index is -1.96. The zero-order chi connectivity index (χ0) is 26.8. The van der Waals surface area contributed by atoms with Gasteiger partial charge in [-0.05, 0) is 24.1 Å². The number of methoxy groups -OCH3 is 2. The molecule has 0 radical (unpaired) electrons. The van der Waals surface area contributed by atoms with Gasteiger partial charge in [0, 0.05) is 35.6 Å². The predicted octanol–water partition coefficient (Wildman–Crippen LogP) is 4.18. The number of hydrogen-bond donors (Lipinski definition) is 2. The minimum Gasteiger partial charge on any atom is -0.733 e. The van der Waals surface area contributed by atoms with E-state index in [9.17, 15) is 24.8 Å². The van der Waals surface area contributed by atoms with Gasteiger partial charge in [-0.15, -0.1) is 0 Å². The molecule has 2 N–H and O–H groups in total. The largest absolute Gasteiger partial charge is 0.733 e. The molecule has 194 valence electrons. The fraction of sp³-hybridized carbons (Fsp3) is 0.320. The zero-order valence-corrected chi connectivity index (χ0v) is 21.4. The molecule has 0 aromatic heterocycles. The Morgan fingerprint density at radius 2 is 1.81 bits per heavy atom. The Bertz CT molecular complexity index is 1410. The molecule has 0 fully saturated rings. The molecule has 2 aromatic rings. The summed E-state index contributed by atoms with van der Waals surface area (Å²) < 4.78 is 16.9. The number of allylic oxidation sites excluding steroid dienone is 1. The summed E-state index contributed by atoms with van der Waals surface area (Å²) >= 11 is 12.5. The lowest BCUT2D eigenvalue weighted by atomic mass is 9.66. The number of carbonyl (C=O) groups is 3. The van der Waals surface area contributed by atoms with Gasteiger partial charge in [-0.25, -0.2) is 0 Å². The molecule has 3 atom stereocenters. The number of amides is 1. The summed E-state index contributed by atoms with van der Waals surface area (Å²) in [6.45, 7) is 1.68. The van der Waals surface area contributed by atoms with Crippen LogP contribution in [0.1, 0.15) is 41.6 Å². The van der Waals surface area contributed by atoms with E-state index in [0.717, 1.165) is 0 Å². The average Bonchev–Trinajstić information content (AvgIpc) is 3.17. The SMILES string of the molecule is COc1cc(OC)c2c(c1Cl)O[C@@]1(C(=O)C3=C(C[C@H]1C)NC(=O)CC3c1ccc(Cl)c(N([O-])O)c1)C2=O. The molecular formula is C25H21Cl2N2O8-. The molecule has 12 heteroatoms. The molecule has 1 aliphatic carbocycles. The Morgan fingerprint density at radius 1 is 1.11 bits per heavy atom. The average molecular weight is 548 g/mol. The Labute approximate surface area is 221 Å². The second kappa shape index (κ2) is 8.91. The molecule has 10 nitrogen and oxygen atoms in total. The highest BCUT2D eigenvalue weighted by Gasteiger charge is 2.63. The van der Waals surface area contributed by atoms with Gasteiger partial charge in [-0.3, -0.25) is 19.6 Å². The topological polar surface area (TPSA) is 137 Å². The maximum atomic E-state index is 14.3. The first-order chi connectivity index (χ1) is 17.5. The predicted molar refractivity (Wildman–Crippen MR) is 133 cm³/mol. The van der Waals surface area contributed by atoms with E-state index in [1.807, 2.05) is 0 Å². The molecule has 37 heavy (non-hydrogen) atoms. The highest BCUT2D eigenvalue weighted by Crippen LogP contribution is 2.55. The number of fused-ring (bicyclic) bond motifs is 1. The van der Waals surface area contributed by atoms with Gasteiger partial charge in [0.25, 0.3) is 0 Å². The third-order valence-electron chi connectivity index (χ3n) is 7.14. The highest BCUT2D eigenvalue weighted by molar-refractivity contribution is 6.36. The van der Waals surface area contributed by atoms with E-state index in [1.54, 1.807) is 13.0 Å². The first kappa shape index (κ1) is 25.3. The van der Waals surface area contributed by atoms with Crippen molar-refractivity contribution in [3.05, 3.63) is 61.9 Å². The number of ketones is 2. The van der Waals surface area contributed by atoms with Crippen molar-refractivity contribution in [3.8, 4) is 17.2 Å². The lowest BCUT2D eigenvalue weighted by Crippen LogP contribution is -2.59. The molecule has 2 aromatic carbocycles. The molecular weight excluding hydrogens is 527 g/mol. The normalized spacial score (nSPS) is 24.5. The molecule has 0 saturated heterocycles. The smallest absolute Gasteiger partial charge is 0.236 e. The lowest BCUT2D eigenvalue weighted by molar-refractivity contribution is -0.131. The summed E-state index contributed by atoms with van der Waals surface area (Å²) in [5, 5.41) is 23.4. The van der Waals surface area contributed by atoms with Crippen molar-refractivity contribution >= 4 is 46.4 Å². The van der Waals surface area contributed by atoms with Gasteiger partial charge in [-0.1, -0.05) is 36.2 Å². The molecule has 1 amide bonds.